The van der Waals surface area contributed by atoms with Gasteiger partial charge in [-0.2, -0.15) is 0 Å². The van der Waals surface area contributed by atoms with Gasteiger partial charge in [0.1, 0.15) is 35.7 Å². The van der Waals surface area contributed by atoms with Crippen LogP contribution in [0.3, 0.4) is 0 Å². The second-order valence-electron chi connectivity index (χ2n) is 14.5. The smallest absolute Gasteiger partial charge is 0.412 e. The van der Waals surface area contributed by atoms with Gasteiger partial charge in [-0.1, -0.05) is 39.3 Å². The fourth-order valence-corrected chi connectivity index (χ4v) is 5.93. The Labute approximate surface area is 316 Å². The molecule has 0 radical (unpaired) electrons. The van der Waals surface area contributed by atoms with Crippen LogP contribution in [0.2, 0.25) is 5.15 Å². The van der Waals surface area contributed by atoms with Gasteiger partial charge in [0.25, 0.3) is 0 Å². The Kier molecular flexibility index (Phi) is 15.4. The van der Waals surface area contributed by atoms with Crippen LogP contribution in [-0.2, 0) is 4.74 Å². The van der Waals surface area contributed by atoms with E-state index in [1.165, 1.54) is 19.2 Å². The Morgan fingerprint density at radius 2 is 1.36 bits per heavy atom. The van der Waals surface area contributed by atoms with E-state index in [1.54, 1.807) is 25.1 Å². The molecule has 288 valence electrons. The number of hydrogen-bond acceptors (Lipinski definition) is 10. The third kappa shape index (κ3) is 13.2. The van der Waals surface area contributed by atoms with Crippen molar-refractivity contribution in [3.63, 3.8) is 0 Å². The normalized spacial score (nSPS) is 13.4. The zero-order valence-electron chi connectivity index (χ0n) is 32.2. The number of rotatable bonds is 14. The summed E-state index contributed by atoms with van der Waals surface area (Å²) in [6, 6.07) is 9.80. The molecule has 0 aliphatic rings. The first-order valence-electron chi connectivity index (χ1n) is 17.4. The predicted octanol–water partition coefficient (Wildman–Crippen LogP) is 8.56. The molecule has 2 atom stereocenters. The third-order valence-electron chi connectivity index (χ3n) is 8.16. The highest BCUT2D eigenvalue weighted by Gasteiger charge is 2.25. The molecule has 0 aliphatic heterocycles. The number of aromatic nitrogens is 4. The number of pyridine rings is 4. The molecular weight excluding hydrogens is 704 g/mol. The Morgan fingerprint density at radius 3 is 1.85 bits per heavy atom. The standard InChI is InChI=1S/C20H27FN4O3.C19H25ClFN3O/c1-12(2)9-20(4,22)11-28-17-7-6-16(24-13(17)3)14-8-18(23-10-15(14)21)25-19(26)27-5;1-12(2)9-19(4,22-5)11-25-17-7-6-16(24-13(17)3)14-8-18(20)23-10-15(14)21/h6-8,10,12H,9,11,22H2,1-5H3,(H,23,25,26);6-8,10,12,22H,9,11H2,1-5H3/t20-;19-/m00/s1. The van der Waals surface area contributed by atoms with Crippen molar-refractivity contribution >= 4 is 23.5 Å². The van der Waals surface area contributed by atoms with Crippen LogP contribution in [0.25, 0.3) is 22.5 Å². The average Bonchev–Trinajstić information content (AvgIpc) is 3.08. The van der Waals surface area contributed by atoms with Crippen molar-refractivity contribution in [1.82, 2.24) is 25.3 Å². The fraction of sp³-hybridized carbons (Fsp3) is 0.462. The molecule has 4 aromatic heterocycles. The lowest BCUT2D eigenvalue weighted by molar-refractivity contribution is 0.177. The minimum absolute atomic E-state index is 0.121. The van der Waals surface area contributed by atoms with Gasteiger partial charge in [0.2, 0.25) is 0 Å². The van der Waals surface area contributed by atoms with Crippen LogP contribution in [-0.4, -0.2) is 64.5 Å². The van der Waals surface area contributed by atoms with E-state index in [0.29, 0.717) is 64.9 Å². The van der Waals surface area contributed by atoms with E-state index >= 15 is 0 Å². The van der Waals surface area contributed by atoms with Crippen LogP contribution in [0.15, 0.2) is 48.8 Å². The Morgan fingerprint density at radius 1 is 0.849 bits per heavy atom. The molecule has 0 saturated heterocycles. The van der Waals surface area contributed by atoms with Gasteiger partial charge in [-0.15, -0.1) is 0 Å². The average molecular weight is 756 g/mol. The van der Waals surface area contributed by atoms with Crippen molar-refractivity contribution in [2.75, 3.05) is 32.7 Å². The maximum Gasteiger partial charge on any atom is 0.412 e. The molecule has 0 saturated carbocycles. The molecule has 4 heterocycles. The van der Waals surface area contributed by atoms with Gasteiger partial charge in [0.05, 0.1) is 42.3 Å². The lowest BCUT2D eigenvalue weighted by atomic mass is 9.92. The Bertz CT molecular complexity index is 1840. The van der Waals surface area contributed by atoms with Crippen LogP contribution in [0.4, 0.5) is 19.4 Å². The van der Waals surface area contributed by atoms with Crippen molar-refractivity contribution in [3.05, 3.63) is 77.0 Å². The summed E-state index contributed by atoms with van der Waals surface area (Å²) >= 11 is 5.86. The van der Waals surface area contributed by atoms with Gasteiger partial charge in [-0.25, -0.2) is 33.5 Å². The molecule has 4 aromatic rings. The fourth-order valence-electron chi connectivity index (χ4n) is 5.78. The highest BCUT2D eigenvalue weighted by molar-refractivity contribution is 6.29. The largest absolute Gasteiger partial charge is 0.490 e. The number of aryl methyl sites for hydroxylation is 2. The summed E-state index contributed by atoms with van der Waals surface area (Å²) in [7, 11) is 3.17. The summed E-state index contributed by atoms with van der Waals surface area (Å²) < 4.78 is 44.5. The quantitative estimate of drug-likeness (QED) is 0.107. The van der Waals surface area contributed by atoms with Crippen molar-refractivity contribution in [2.45, 2.75) is 79.3 Å². The molecule has 4 rings (SSSR count). The number of anilines is 1. The summed E-state index contributed by atoms with van der Waals surface area (Å²) in [6.07, 6.45) is 3.26. The van der Waals surface area contributed by atoms with Crippen molar-refractivity contribution in [1.29, 1.82) is 0 Å². The molecule has 11 nitrogen and oxygen atoms in total. The van der Waals surface area contributed by atoms with Crippen molar-refractivity contribution in [3.8, 4) is 34.0 Å². The molecular formula is C39H52ClF2N7O4. The summed E-state index contributed by atoms with van der Waals surface area (Å²) in [6.45, 7) is 17.2. The van der Waals surface area contributed by atoms with Gasteiger partial charge in [0.15, 0.2) is 11.6 Å². The number of carbonyl (C=O) groups is 1. The number of nitrogens with zero attached hydrogens (tertiary/aromatic N) is 4. The van der Waals surface area contributed by atoms with E-state index in [-0.39, 0.29) is 22.1 Å². The number of amides is 1. The maximum absolute atomic E-state index is 14.2. The van der Waals surface area contributed by atoms with E-state index in [4.69, 9.17) is 26.8 Å². The summed E-state index contributed by atoms with van der Waals surface area (Å²) in [4.78, 5) is 27.8. The maximum atomic E-state index is 14.2. The monoisotopic (exact) mass is 755 g/mol. The highest BCUT2D eigenvalue weighted by Crippen LogP contribution is 2.29. The Hall–Kier alpha value is -4.46. The van der Waals surface area contributed by atoms with Crippen LogP contribution in [0.5, 0.6) is 11.5 Å². The van der Waals surface area contributed by atoms with E-state index in [9.17, 15) is 13.6 Å². The van der Waals surface area contributed by atoms with Crippen LogP contribution in [0, 0.1) is 37.3 Å². The van der Waals surface area contributed by atoms with Crippen LogP contribution < -0.4 is 25.8 Å². The number of carbonyl (C=O) groups excluding carboxylic acids is 1. The summed E-state index contributed by atoms with van der Waals surface area (Å²) in [5.41, 5.74) is 8.45. The van der Waals surface area contributed by atoms with Gasteiger partial charge in [-0.05, 0) is 95.8 Å². The number of likely N-dealkylation sites (N-methyl/N-ethyl adjacent to an activating group) is 1. The molecule has 0 aromatic carbocycles. The summed E-state index contributed by atoms with van der Waals surface area (Å²) in [5.74, 6) is 1.45. The topological polar surface area (TPSA) is 146 Å². The predicted molar refractivity (Wildman–Crippen MR) is 205 cm³/mol. The number of halogens is 3. The minimum Gasteiger partial charge on any atom is -0.490 e. The van der Waals surface area contributed by atoms with E-state index < -0.39 is 23.3 Å². The summed E-state index contributed by atoms with van der Waals surface area (Å²) in [5, 5.41) is 5.97. The number of nitrogens with one attached hydrogen (secondary N) is 2. The lowest BCUT2D eigenvalue weighted by Gasteiger charge is -2.31. The molecule has 0 aliphatic carbocycles. The SMILES string of the molecule is CN[C@](C)(COc1ccc(-c2cc(Cl)ncc2F)nc1C)CC(C)C.COC(=O)Nc1cc(-c2ccc(OC[C@@](C)(N)CC(C)C)c(C)n2)c(F)cn1. The molecule has 14 heteroatoms. The molecule has 4 N–H and O–H groups in total. The molecule has 0 fully saturated rings. The molecule has 0 bridgehead atoms. The number of methoxy groups -OCH3 is 1. The first-order chi connectivity index (χ1) is 24.8. The second-order valence-corrected chi connectivity index (χ2v) is 14.8. The van der Waals surface area contributed by atoms with E-state index in [2.05, 4.69) is 69.9 Å². The van der Waals surface area contributed by atoms with Crippen molar-refractivity contribution in [2.24, 2.45) is 17.6 Å². The number of hydrogen-bond donors (Lipinski definition) is 3. The first-order valence-corrected chi connectivity index (χ1v) is 17.7. The minimum atomic E-state index is -0.691. The zero-order chi connectivity index (χ0) is 39.5. The van der Waals surface area contributed by atoms with Gasteiger partial charge in [-0.3, -0.25) is 5.32 Å². The third-order valence-corrected chi connectivity index (χ3v) is 8.37. The van der Waals surface area contributed by atoms with E-state index in [1.807, 2.05) is 27.0 Å². The number of nitrogens with two attached hydrogens (primary N) is 1. The van der Waals surface area contributed by atoms with Gasteiger partial charge >= 0.3 is 6.09 Å². The molecule has 0 unspecified atom stereocenters. The van der Waals surface area contributed by atoms with Crippen LogP contribution in [0.1, 0.15) is 65.8 Å². The molecule has 53 heavy (non-hydrogen) atoms. The zero-order valence-corrected chi connectivity index (χ0v) is 33.0. The van der Waals surface area contributed by atoms with E-state index in [0.717, 1.165) is 25.2 Å². The molecule has 1 amide bonds. The van der Waals surface area contributed by atoms with Gasteiger partial charge < -0.3 is 25.3 Å². The lowest BCUT2D eigenvalue weighted by Crippen LogP contribution is -2.46. The van der Waals surface area contributed by atoms with Gasteiger partial charge in [0, 0.05) is 22.2 Å². The number of ether oxygens (including phenoxy) is 3. The van der Waals surface area contributed by atoms with Crippen LogP contribution >= 0.6 is 11.6 Å². The second kappa shape index (κ2) is 19.0. The van der Waals surface area contributed by atoms with Crippen molar-refractivity contribution < 1.29 is 27.8 Å². The highest BCUT2D eigenvalue weighted by atomic mass is 35.5. The molecule has 0 spiro atoms. The first kappa shape index (κ1) is 42.9. The Balaban J connectivity index is 0.000000287.